The van der Waals surface area contributed by atoms with Gasteiger partial charge >= 0.3 is 0 Å². The second-order valence-corrected chi connectivity index (χ2v) is 5.54. The highest BCUT2D eigenvalue weighted by Gasteiger charge is 2.04. The number of nitrogens with two attached hydrogens (primary N) is 1. The first-order chi connectivity index (χ1) is 7.79. The predicted molar refractivity (Wildman–Crippen MR) is 68.8 cm³/mol. The van der Waals surface area contributed by atoms with Crippen LogP contribution in [-0.4, -0.2) is 9.36 Å². The lowest BCUT2D eigenvalue weighted by atomic mass is 10.1. The fourth-order valence-electron chi connectivity index (χ4n) is 1.20. The van der Waals surface area contributed by atoms with Crippen LogP contribution in [0.1, 0.15) is 11.1 Å². The summed E-state index contributed by atoms with van der Waals surface area (Å²) in [4.78, 5) is 4.10. The van der Waals surface area contributed by atoms with Crippen LogP contribution in [0.2, 0.25) is 5.02 Å². The smallest absolute Gasteiger partial charge is 0.170 e. The van der Waals surface area contributed by atoms with E-state index < -0.39 is 0 Å². The third kappa shape index (κ3) is 2.95. The van der Waals surface area contributed by atoms with Crippen LogP contribution in [0.5, 0.6) is 0 Å². The van der Waals surface area contributed by atoms with Gasteiger partial charge in [0.05, 0.1) is 0 Å². The van der Waals surface area contributed by atoms with Crippen LogP contribution < -0.4 is 5.73 Å². The number of thioether (sulfide) groups is 1. The highest BCUT2D eigenvalue weighted by molar-refractivity contribution is 8.00. The number of hydrogen-bond donors (Lipinski definition) is 1. The molecule has 0 unspecified atom stereocenters. The van der Waals surface area contributed by atoms with Gasteiger partial charge in [0.1, 0.15) is 6.33 Å². The third-order valence-electron chi connectivity index (χ3n) is 2.05. The van der Waals surface area contributed by atoms with Crippen molar-refractivity contribution in [2.75, 3.05) is 0 Å². The molecule has 0 amide bonds. The summed E-state index contributed by atoms with van der Waals surface area (Å²) in [5, 5.41) is 0.764. The molecule has 0 radical (unpaired) electrons. The van der Waals surface area contributed by atoms with E-state index >= 15 is 0 Å². The predicted octanol–water partition coefficient (Wildman–Crippen LogP) is 2.94. The summed E-state index contributed by atoms with van der Waals surface area (Å²) in [5.41, 5.74) is 7.69. The molecular formula is C10H10ClN3S2. The fourth-order valence-corrected chi connectivity index (χ4v) is 3.00. The first-order valence-corrected chi connectivity index (χ1v) is 6.80. The highest BCUT2D eigenvalue weighted by Crippen LogP contribution is 2.27. The molecule has 1 aromatic carbocycles. The van der Waals surface area contributed by atoms with Gasteiger partial charge in [0.2, 0.25) is 0 Å². The van der Waals surface area contributed by atoms with E-state index in [0.29, 0.717) is 6.54 Å². The van der Waals surface area contributed by atoms with Crippen LogP contribution in [0.15, 0.2) is 28.9 Å². The van der Waals surface area contributed by atoms with Crippen LogP contribution in [0.4, 0.5) is 0 Å². The Morgan fingerprint density at radius 3 is 2.94 bits per heavy atom. The number of rotatable bonds is 4. The van der Waals surface area contributed by atoms with Gasteiger partial charge < -0.3 is 5.73 Å². The molecule has 1 heterocycles. The summed E-state index contributed by atoms with van der Waals surface area (Å²) in [6, 6.07) is 5.93. The van der Waals surface area contributed by atoms with E-state index in [9.17, 15) is 0 Å². The molecule has 2 rings (SSSR count). The number of aromatic nitrogens is 2. The zero-order valence-electron chi connectivity index (χ0n) is 8.39. The lowest BCUT2D eigenvalue weighted by molar-refractivity contribution is 1.07. The van der Waals surface area contributed by atoms with Crippen molar-refractivity contribution in [1.82, 2.24) is 9.36 Å². The van der Waals surface area contributed by atoms with Gasteiger partial charge in [-0.25, -0.2) is 4.98 Å². The average molecular weight is 272 g/mol. The molecule has 0 saturated carbocycles. The summed E-state index contributed by atoms with van der Waals surface area (Å²) < 4.78 is 4.90. The van der Waals surface area contributed by atoms with E-state index in [4.69, 9.17) is 17.3 Å². The van der Waals surface area contributed by atoms with Crippen molar-refractivity contribution in [3.63, 3.8) is 0 Å². The second-order valence-electron chi connectivity index (χ2n) is 3.13. The van der Waals surface area contributed by atoms with Gasteiger partial charge in [0, 0.05) is 17.3 Å². The average Bonchev–Trinajstić information content (AvgIpc) is 2.80. The Bertz CT molecular complexity index is 459. The molecule has 2 aromatic rings. The van der Waals surface area contributed by atoms with Crippen LogP contribution in [0.25, 0.3) is 0 Å². The Hall–Kier alpha value is -0.620. The van der Waals surface area contributed by atoms with Crippen molar-refractivity contribution in [1.29, 1.82) is 0 Å². The van der Waals surface area contributed by atoms with Gasteiger partial charge in [-0.15, -0.1) is 0 Å². The maximum atomic E-state index is 6.15. The van der Waals surface area contributed by atoms with Crippen molar-refractivity contribution in [2.45, 2.75) is 16.6 Å². The van der Waals surface area contributed by atoms with Gasteiger partial charge in [-0.05, 0) is 28.7 Å². The van der Waals surface area contributed by atoms with E-state index in [-0.39, 0.29) is 0 Å². The minimum Gasteiger partial charge on any atom is -0.326 e. The van der Waals surface area contributed by atoms with Crippen LogP contribution in [0.3, 0.4) is 0 Å². The molecule has 0 aliphatic carbocycles. The summed E-state index contributed by atoms with van der Waals surface area (Å²) >= 11 is 9.18. The number of hydrogen-bond acceptors (Lipinski definition) is 5. The minimum absolute atomic E-state index is 0.517. The summed E-state index contributed by atoms with van der Waals surface area (Å²) in [6.07, 6.45) is 1.56. The number of nitrogens with zero attached hydrogens (tertiary/aromatic N) is 2. The molecule has 3 nitrogen and oxygen atoms in total. The standard InChI is InChI=1S/C10H10ClN3S2/c11-9-3-7(4-12)1-2-8(9)5-15-10-13-6-14-16-10/h1-3,6H,4-5,12H2. The van der Waals surface area contributed by atoms with Gasteiger partial charge in [-0.2, -0.15) is 4.37 Å². The lowest BCUT2D eigenvalue weighted by Crippen LogP contribution is -1.96. The molecular weight excluding hydrogens is 262 g/mol. The zero-order valence-corrected chi connectivity index (χ0v) is 10.8. The molecule has 0 bridgehead atoms. The molecule has 0 aliphatic rings. The van der Waals surface area contributed by atoms with Gasteiger partial charge in [-0.1, -0.05) is 35.5 Å². The normalized spacial score (nSPS) is 10.6. The Morgan fingerprint density at radius 2 is 2.31 bits per heavy atom. The van der Waals surface area contributed by atoms with E-state index in [1.165, 1.54) is 11.5 Å². The maximum Gasteiger partial charge on any atom is 0.170 e. The van der Waals surface area contributed by atoms with Crippen LogP contribution >= 0.6 is 34.9 Å². The summed E-state index contributed by atoms with van der Waals surface area (Å²) in [6.45, 7) is 0.517. The van der Waals surface area contributed by atoms with Crippen molar-refractivity contribution in [2.24, 2.45) is 5.73 Å². The van der Waals surface area contributed by atoms with Gasteiger partial charge in [0.25, 0.3) is 0 Å². The molecule has 0 saturated heterocycles. The summed E-state index contributed by atoms with van der Waals surface area (Å²) in [7, 11) is 0. The first kappa shape index (κ1) is 11.9. The van der Waals surface area contributed by atoms with E-state index in [1.54, 1.807) is 18.1 Å². The van der Waals surface area contributed by atoms with E-state index in [1.807, 2.05) is 18.2 Å². The van der Waals surface area contributed by atoms with Crippen molar-refractivity contribution >= 4 is 34.9 Å². The topological polar surface area (TPSA) is 51.8 Å². The van der Waals surface area contributed by atoms with E-state index in [0.717, 1.165) is 26.2 Å². The Kier molecular flexibility index (Phi) is 4.17. The number of benzene rings is 1. The van der Waals surface area contributed by atoms with Crippen LogP contribution in [0, 0.1) is 0 Å². The molecule has 2 N–H and O–H groups in total. The molecule has 16 heavy (non-hydrogen) atoms. The molecule has 6 heteroatoms. The van der Waals surface area contributed by atoms with Crippen molar-refractivity contribution < 1.29 is 0 Å². The Labute approximate surface area is 107 Å². The molecule has 0 aliphatic heterocycles. The van der Waals surface area contributed by atoms with E-state index in [2.05, 4.69) is 9.36 Å². The first-order valence-electron chi connectivity index (χ1n) is 4.66. The Balaban J connectivity index is 2.04. The lowest BCUT2D eigenvalue weighted by Gasteiger charge is -2.04. The molecule has 84 valence electrons. The van der Waals surface area contributed by atoms with Gasteiger partial charge in [0.15, 0.2) is 4.34 Å². The second kappa shape index (κ2) is 5.63. The summed E-state index contributed by atoms with van der Waals surface area (Å²) in [5.74, 6) is 0.804. The quantitative estimate of drug-likeness (QED) is 0.869. The third-order valence-corrected chi connectivity index (χ3v) is 4.24. The van der Waals surface area contributed by atoms with Gasteiger partial charge in [-0.3, -0.25) is 0 Å². The largest absolute Gasteiger partial charge is 0.326 e. The minimum atomic E-state index is 0.517. The monoisotopic (exact) mass is 271 g/mol. The maximum absolute atomic E-state index is 6.15. The highest BCUT2D eigenvalue weighted by atomic mass is 35.5. The Morgan fingerprint density at radius 1 is 1.44 bits per heavy atom. The van der Waals surface area contributed by atoms with Crippen molar-refractivity contribution in [3.8, 4) is 0 Å². The zero-order chi connectivity index (χ0) is 11.4. The number of halogens is 1. The molecule has 0 spiro atoms. The molecule has 0 fully saturated rings. The molecule has 0 atom stereocenters. The molecule has 1 aromatic heterocycles. The van der Waals surface area contributed by atoms with Crippen LogP contribution in [-0.2, 0) is 12.3 Å². The SMILES string of the molecule is NCc1ccc(CSc2ncns2)c(Cl)c1. The fraction of sp³-hybridized carbons (Fsp3) is 0.200. The van der Waals surface area contributed by atoms with Crippen molar-refractivity contribution in [3.05, 3.63) is 40.7 Å².